The van der Waals surface area contributed by atoms with Crippen molar-refractivity contribution in [2.75, 3.05) is 11.9 Å². The maximum absolute atomic E-state index is 11.9. The van der Waals surface area contributed by atoms with E-state index in [0.717, 1.165) is 22.4 Å². The van der Waals surface area contributed by atoms with Gasteiger partial charge in [-0.15, -0.1) is 0 Å². The van der Waals surface area contributed by atoms with Gasteiger partial charge in [0.15, 0.2) is 5.13 Å². The fourth-order valence-corrected chi connectivity index (χ4v) is 3.00. The molecule has 0 spiro atoms. The Labute approximate surface area is 115 Å². The normalized spacial score (nSPS) is 21.4. The summed E-state index contributed by atoms with van der Waals surface area (Å²) >= 11 is 1.49. The van der Waals surface area contributed by atoms with Crippen molar-refractivity contribution < 1.29 is 9.53 Å². The van der Waals surface area contributed by atoms with Crippen LogP contribution in [0, 0.1) is 11.8 Å². The maximum atomic E-state index is 11.9. The third-order valence-corrected chi connectivity index (χ3v) is 4.28. The quantitative estimate of drug-likeness (QED) is 0.932. The summed E-state index contributed by atoms with van der Waals surface area (Å²) in [5.74, 6) is 1.62. The van der Waals surface area contributed by atoms with Crippen LogP contribution in [0.5, 0.6) is 5.75 Å². The summed E-state index contributed by atoms with van der Waals surface area (Å²) in [5.41, 5.74) is 0.896. The molecule has 5 heteroatoms. The Bertz CT molecular complexity index is 623. The largest absolute Gasteiger partial charge is 0.494 e. The Morgan fingerprint density at radius 2 is 2.37 bits per heavy atom. The molecule has 1 amide bonds. The highest BCUT2D eigenvalue weighted by atomic mass is 32.1. The van der Waals surface area contributed by atoms with Crippen LogP contribution in [0.3, 0.4) is 0 Å². The number of nitrogens with zero attached hydrogens (tertiary/aromatic N) is 1. The molecule has 2 atom stereocenters. The highest BCUT2D eigenvalue weighted by Crippen LogP contribution is 2.39. The number of anilines is 1. The fraction of sp³-hybridized carbons (Fsp3) is 0.429. The molecule has 0 saturated heterocycles. The van der Waals surface area contributed by atoms with Crippen molar-refractivity contribution in [3.8, 4) is 5.75 Å². The molecular weight excluding hydrogens is 260 g/mol. The van der Waals surface area contributed by atoms with Crippen LogP contribution in [0.25, 0.3) is 10.2 Å². The van der Waals surface area contributed by atoms with Crippen LogP contribution in [0.1, 0.15) is 20.3 Å². The van der Waals surface area contributed by atoms with Crippen molar-refractivity contribution in [3.63, 3.8) is 0 Å². The van der Waals surface area contributed by atoms with E-state index in [1.807, 2.05) is 25.1 Å². The molecule has 0 radical (unpaired) electrons. The second-order valence-electron chi connectivity index (χ2n) is 4.89. The number of nitrogens with one attached hydrogen (secondary N) is 1. The first-order valence-corrected chi connectivity index (χ1v) is 7.33. The van der Waals surface area contributed by atoms with Gasteiger partial charge < -0.3 is 10.1 Å². The van der Waals surface area contributed by atoms with Gasteiger partial charge in [0, 0.05) is 5.92 Å². The van der Waals surface area contributed by atoms with Crippen molar-refractivity contribution >= 4 is 32.6 Å². The zero-order chi connectivity index (χ0) is 13.4. The van der Waals surface area contributed by atoms with E-state index < -0.39 is 0 Å². The van der Waals surface area contributed by atoms with Crippen molar-refractivity contribution in [3.05, 3.63) is 18.2 Å². The summed E-state index contributed by atoms with van der Waals surface area (Å²) < 4.78 is 6.49. The average molecular weight is 276 g/mol. The van der Waals surface area contributed by atoms with E-state index in [0.29, 0.717) is 17.7 Å². The second kappa shape index (κ2) is 4.81. The Morgan fingerprint density at radius 3 is 3.05 bits per heavy atom. The van der Waals surface area contributed by atoms with Crippen molar-refractivity contribution in [1.29, 1.82) is 0 Å². The third kappa shape index (κ3) is 2.56. The molecule has 1 fully saturated rings. The number of hydrogen-bond acceptors (Lipinski definition) is 4. The molecule has 4 nitrogen and oxygen atoms in total. The summed E-state index contributed by atoms with van der Waals surface area (Å²) in [7, 11) is 0. The number of fused-ring (bicyclic) bond motifs is 1. The molecule has 19 heavy (non-hydrogen) atoms. The van der Waals surface area contributed by atoms with Crippen LogP contribution in [0.4, 0.5) is 5.13 Å². The van der Waals surface area contributed by atoms with E-state index in [1.54, 1.807) is 0 Å². The molecule has 1 saturated carbocycles. The van der Waals surface area contributed by atoms with E-state index in [1.165, 1.54) is 11.3 Å². The van der Waals surface area contributed by atoms with Crippen LogP contribution in [-0.4, -0.2) is 17.5 Å². The molecule has 1 aromatic heterocycles. The van der Waals surface area contributed by atoms with Gasteiger partial charge >= 0.3 is 0 Å². The molecule has 1 N–H and O–H groups in total. The summed E-state index contributed by atoms with van der Waals surface area (Å²) in [6.07, 6.45) is 0.991. The average Bonchev–Trinajstić information content (AvgIpc) is 2.97. The van der Waals surface area contributed by atoms with E-state index in [2.05, 4.69) is 17.2 Å². The summed E-state index contributed by atoms with van der Waals surface area (Å²) in [6, 6.07) is 5.79. The monoisotopic (exact) mass is 276 g/mol. The molecule has 0 bridgehead atoms. The number of thiazole rings is 1. The molecule has 1 heterocycles. The Hall–Kier alpha value is -1.62. The van der Waals surface area contributed by atoms with Crippen molar-refractivity contribution in [1.82, 2.24) is 4.98 Å². The van der Waals surface area contributed by atoms with Gasteiger partial charge in [0.05, 0.1) is 16.8 Å². The molecule has 0 unspecified atom stereocenters. The number of hydrogen-bond donors (Lipinski definition) is 1. The third-order valence-electron chi connectivity index (χ3n) is 3.35. The minimum atomic E-state index is 0.0941. The molecule has 0 aliphatic heterocycles. The standard InChI is InChI=1S/C14H16N2O2S/c1-3-18-9-4-5-11-12(7-9)19-14(15-11)16-13(17)10-6-8(10)2/h4-5,7-8,10H,3,6H2,1-2H3,(H,15,16,17)/t8-,10-/m1/s1. The maximum Gasteiger partial charge on any atom is 0.229 e. The van der Waals surface area contributed by atoms with Gasteiger partial charge in [-0.2, -0.15) is 0 Å². The van der Waals surface area contributed by atoms with Crippen molar-refractivity contribution in [2.24, 2.45) is 11.8 Å². The Morgan fingerprint density at radius 1 is 1.58 bits per heavy atom. The van der Waals surface area contributed by atoms with Crippen LogP contribution < -0.4 is 10.1 Å². The lowest BCUT2D eigenvalue weighted by molar-refractivity contribution is -0.117. The summed E-state index contributed by atoms with van der Waals surface area (Å²) in [6.45, 7) is 4.70. The lowest BCUT2D eigenvalue weighted by Gasteiger charge is -2.00. The SMILES string of the molecule is CCOc1ccc2nc(NC(=O)[C@@H]3C[C@H]3C)sc2c1. The molecule has 2 aromatic rings. The first-order valence-electron chi connectivity index (χ1n) is 6.51. The minimum absolute atomic E-state index is 0.0941. The predicted molar refractivity (Wildman–Crippen MR) is 76.7 cm³/mol. The predicted octanol–water partition coefficient (Wildman–Crippen LogP) is 3.29. The highest BCUT2D eigenvalue weighted by Gasteiger charge is 2.39. The second-order valence-corrected chi connectivity index (χ2v) is 5.92. The molecule has 3 rings (SSSR count). The molecular formula is C14H16N2O2S. The molecule has 1 aromatic carbocycles. The molecule has 1 aliphatic carbocycles. The number of carbonyl (C=O) groups excluding carboxylic acids is 1. The van der Waals surface area contributed by atoms with E-state index >= 15 is 0 Å². The van der Waals surface area contributed by atoms with Crippen LogP contribution in [0.2, 0.25) is 0 Å². The smallest absolute Gasteiger partial charge is 0.229 e. The minimum Gasteiger partial charge on any atom is -0.494 e. The van der Waals surface area contributed by atoms with Gasteiger partial charge in [-0.3, -0.25) is 4.79 Å². The lowest BCUT2D eigenvalue weighted by atomic mass is 10.3. The fourth-order valence-electron chi connectivity index (χ4n) is 2.10. The van der Waals surface area contributed by atoms with Crippen LogP contribution in [-0.2, 0) is 4.79 Å². The Kier molecular flexibility index (Phi) is 3.14. The first-order chi connectivity index (χ1) is 9.17. The number of ether oxygens (including phenoxy) is 1. The van der Waals surface area contributed by atoms with Crippen LogP contribution in [0.15, 0.2) is 18.2 Å². The Balaban J connectivity index is 1.79. The van der Waals surface area contributed by atoms with Gasteiger partial charge in [0.2, 0.25) is 5.91 Å². The number of carbonyl (C=O) groups is 1. The molecule has 100 valence electrons. The molecule has 1 aliphatic rings. The van der Waals surface area contributed by atoms with E-state index in [4.69, 9.17) is 4.74 Å². The summed E-state index contributed by atoms with van der Waals surface area (Å²) in [5, 5.41) is 3.58. The summed E-state index contributed by atoms with van der Waals surface area (Å²) in [4.78, 5) is 16.3. The number of aromatic nitrogens is 1. The van der Waals surface area contributed by atoms with Gasteiger partial charge in [0.1, 0.15) is 5.75 Å². The topological polar surface area (TPSA) is 51.2 Å². The number of amides is 1. The van der Waals surface area contributed by atoms with Gasteiger partial charge in [-0.25, -0.2) is 4.98 Å². The van der Waals surface area contributed by atoms with E-state index in [9.17, 15) is 4.79 Å². The van der Waals surface area contributed by atoms with Gasteiger partial charge in [0.25, 0.3) is 0 Å². The lowest BCUT2D eigenvalue weighted by Crippen LogP contribution is -2.14. The van der Waals surface area contributed by atoms with Crippen LogP contribution >= 0.6 is 11.3 Å². The zero-order valence-electron chi connectivity index (χ0n) is 11.0. The highest BCUT2D eigenvalue weighted by molar-refractivity contribution is 7.22. The van der Waals surface area contributed by atoms with Gasteiger partial charge in [-0.05, 0) is 37.5 Å². The zero-order valence-corrected chi connectivity index (χ0v) is 11.8. The first kappa shape index (κ1) is 12.4. The number of benzene rings is 1. The number of rotatable bonds is 4. The van der Waals surface area contributed by atoms with E-state index in [-0.39, 0.29) is 11.8 Å². The van der Waals surface area contributed by atoms with Crippen molar-refractivity contribution in [2.45, 2.75) is 20.3 Å². The van der Waals surface area contributed by atoms with Gasteiger partial charge in [-0.1, -0.05) is 18.3 Å².